The molecule has 3 rings (SSSR count). The van der Waals surface area contributed by atoms with Crippen LogP contribution in [0.5, 0.6) is 0 Å². The lowest BCUT2D eigenvalue weighted by atomic mass is 9.71. The van der Waals surface area contributed by atoms with Gasteiger partial charge in [0.15, 0.2) is 0 Å². The van der Waals surface area contributed by atoms with Gasteiger partial charge in [0.2, 0.25) is 0 Å². The average molecular weight is 611 g/mol. The topological polar surface area (TPSA) is 93.1 Å². The second-order valence-electron chi connectivity index (χ2n) is 13.3. The minimum atomic E-state index is -0.540. The molecule has 0 amide bonds. The van der Waals surface area contributed by atoms with Crippen molar-refractivity contribution in [1.29, 1.82) is 0 Å². The highest BCUT2D eigenvalue weighted by atomic mass is 16.5. The molecular formula is C38H58O6. The molecule has 0 aromatic heterocycles. The number of esters is 2. The second-order valence-corrected chi connectivity index (χ2v) is 13.3. The van der Waals surface area contributed by atoms with E-state index in [1.165, 1.54) is 88.2 Å². The van der Waals surface area contributed by atoms with Gasteiger partial charge < -0.3 is 19.7 Å². The van der Waals surface area contributed by atoms with Gasteiger partial charge in [0.05, 0.1) is 37.6 Å². The number of benzene rings is 1. The Morgan fingerprint density at radius 3 is 1.61 bits per heavy atom. The van der Waals surface area contributed by atoms with Crippen LogP contribution in [0.15, 0.2) is 48.6 Å². The zero-order valence-electron chi connectivity index (χ0n) is 27.3. The maximum Gasteiger partial charge on any atom is 0.335 e. The van der Waals surface area contributed by atoms with Crippen LogP contribution in [0, 0.1) is 17.8 Å². The number of rotatable bonds is 19. The van der Waals surface area contributed by atoms with Gasteiger partial charge in [-0.3, -0.25) is 0 Å². The SMILES string of the molecule is C=C(CO)C(=O)OCCCC(CCCOC(=O)C(=C)CO)C1CCC(c2ccc(C3CCC(CCCCC)CC3)cc2)CC1. The lowest BCUT2D eigenvalue weighted by Gasteiger charge is -2.34. The van der Waals surface area contributed by atoms with Gasteiger partial charge in [-0.2, -0.15) is 0 Å². The molecule has 0 atom stereocenters. The Balaban J connectivity index is 1.47. The van der Waals surface area contributed by atoms with Gasteiger partial charge in [-0.25, -0.2) is 9.59 Å². The quantitative estimate of drug-likeness (QED) is 0.0932. The Bertz CT molecular complexity index is 978. The molecule has 6 nitrogen and oxygen atoms in total. The molecule has 2 aliphatic carbocycles. The predicted molar refractivity (Wildman–Crippen MR) is 176 cm³/mol. The highest BCUT2D eigenvalue weighted by Crippen LogP contribution is 2.42. The number of hydrogen-bond donors (Lipinski definition) is 2. The standard InChI is InChI=1S/C38H58O6/c1-4-5-6-9-30-12-14-32(15-13-30)34-20-22-36(23-21-34)35-18-16-33(17-19-35)31(10-7-24-43-37(41)28(2)26-39)11-8-25-44-38(42)29(3)27-40/h20-23,30-33,35,39-40H,2-19,24-27H2,1H3. The molecule has 1 aromatic rings. The van der Waals surface area contributed by atoms with Gasteiger partial charge in [-0.15, -0.1) is 0 Å². The van der Waals surface area contributed by atoms with Crippen molar-refractivity contribution >= 4 is 11.9 Å². The summed E-state index contributed by atoms with van der Waals surface area (Å²) in [6.07, 6.45) is 19.0. The zero-order chi connectivity index (χ0) is 31.7. The van der Waals surface area contributed by atoms with E-state index in [9.17, 15) is 9.59 Å². The first-order valence-corrected chi connectivity index (χ1v) is 17.4. The summed E-state index contributed by atoms with van der Waals surface area (Å²) in [5, 5.41) is 18.2. The molecule has 0 aliphatic heterocycles. The summed E-state index contributed by atoms with van der Waals surface area (Å²) in [4.78, 5) is 23.7. The number of unbranched alkanes of at least 4 members (excludes halogenated alkanes) is 2. The molecule has 2 N–H and O–H groups in total. The van der Waals surface area contributed by atoms with Crippen LogP contribution in [-0.4, -0.2) is 48.6 Å². The van der Waals surface area contributed by atoms with Crippen LogP contribution in [-0.2, 0) is 19.1 Å². The maximum atomic E-state index is 11.9. The van der Waals surface area contributed by atoms with Crippen molar-refractivity contribution in [3.05, 3.63) is 59.7 Å². The van der Waals surface area contributed by atoms with Crippen LogP contribution in [0.3, 0.4) is 0 Å². The van der Waals surface area contributed by atoms with Gasteiger partial charge >= 0.3 is 11.9 Å². The van der Waals surface area contributed by atoms with E-state index in [1.807, 2.05) is 0 Å². The second kappa shape index (κ2) is 19.8. The third kappa shape index (κ3) is 11.8. The fraction of sp³-hybridized carbons (Fsp3) is 0.684. The smallest absolute Gasteiger partial charge is 0.335 e. The molecule has 0 spiro atoms. The summed E-state index contributed by atoms with van der Waals surface area (Å²) < 4.78 is 10.6. The molecule has 2 aliphatic rings. The minimum absolute atomic E-state index is 0.0735. The van der Waals surface area contributed by atoms with E-state index in [2.05, 4.69) is 44.3 Å². The van der Waals surface area contributed by atoms with Gasteiger partial charge in [-0.05, 0) is 118 Å². The van der Waals surface area contributed by atoms with Crippen molar-refractivity contribution in [2.45, 2.75) is 121 Å². The molecule has 0 heterocycles. The Hall–Kier alpha value is -2.44. The van der Waals surface area contributed by atoms with E-state index in [0.717, 1.165) is 37.5 Å². The number of aliphatic hydroxyl groups is 2. The summed E-state index contributed by atoms with van der Waals surface area (Å²) >= 11 is 0. The van der Waals surface area contributed by atoms with Crippen LogP contribution in [0.2, 0.25) is 0 Å². The van der Waals surface area contributed by atoms with Crippen LogP contribution in [0.4, 0.5) is 0 Å². The van der Waals surface area contributed by atoms with Crippen molar-refractivity contribution in [3.8, 4) is 0 Å². The lowest BCUT2D eigenvalue weighted by molar-refractivity contribution is -0.140. The molecule has 44 heavy (non-hydrogen) atoms. The van der Waals surface area contributed by atoms with E-state index in [1.54, 1.807) is 0 Å². The molecular weight excluding hydrogens is 552 g/mol. The van der Waals surface area contributed by atoms with E-state index >= 15 is 0 Å². The predicted octanol–water partition coefficient (Wildman–Crippen LogP) is 8.17. The molecule has 6 heteroatoms. The Morgan fingerprint density at radius 1 is 0.727 bits per heavy atom. The van der Waals surface area contributed by atoms with E-state index in [-0.39, 0.29) is 11.1 Å². The van der Waals surface area contributed by atoms with Gasteiger partial charge in [0.25, 0.3) is 0 Å². The third-order valence-corrected chi connectivity index (χ3v) is 10.2. The molecule has 246 valence electrons. The fourth-order valence-electron chi connectivity index (χ4n) is 7.40. The van der Waals surface area contributed by atoms with Crippen LogP contribution < -0.4 is 0 Å². The van der Waals surface area contributed by atoms with E-state index in [4.69, 9.17) is 19.7 Å². The number of carbonyl (C=O) groups is 2. The van der Waals surface area contributed by atoms with Crippen molar-refractivity contribution in [1.82, 2.24) is 0 Å². The Labute approximate surface area is 266 Å². The zero-order valence-corrected chi connectivity index (χ0v) is 27.3. The molecule has 0 radical (unpaired) electrons. The summed E-state index contributed by atoms with van der Waals surface area (Å²) in [5.41, 5.74) is 3.15. The van der Waals surface area contributed by atoms with Crippen molar-refractivity contribution in [2.24, 2.45) is 17.8 Å². The van der Waals surface area contributed by atoms with Gasteiger partial charge in [0, 0.05) is 0 Å². The molecule has 0 saturated heterocycles. The molecule has 0 unspecified atom stereocenters. The van der Waals surface area contributed by atoms with Gasteiger partial charge in [-0.1, -0.05) is 70.0 Å². The highest BCUT2D eigenvalue weighted by molar-refractivity contribution is 5.88. The van der Waals surface area contributed by atoms with Crippen LogP contribution in [0.1, 0.15) is 133 Å². The summed E-state index contributed by atoms with van der Waals surface area (Å²) in [5.74, 6) is 2.23. The highest BCUT2D eigenvalue weighted by Gasteiger charge is 2.29. The summed E-state index contributed by atoms with van der Waals surface area (Å²) in [6, 6.07) is 9.61. The van der Waals surface area contributed by atoms with Crippen LogP contribution in [0.25, 0.3) is 0 Å². The van der Waals surface area contributed by atoms with Gasteiger partial charge in [0.1, 0.15) is 0 Å². The normalized spacial score (nSPS) is 22.0. The number of aliphatic hydroxyl groups excluding tert-OH is 2. The van der Waals surface area contributed by atoms with Crippen molar-refractivity contribution in [2.75, 3.05) is 26.4 Å². The van der Waals surface area contributed by atoms with Crippen molar-refractivity contribution in [3.63, 3.8) is 0 Å². The Morgan fingerprint density at radius 2 is 1.18 bits per heavy atom. The number of hydrogen-bond acceptors (Lipinski definition) is 6. The number of ether oxygens (including phenoxy) is 2. The maximum absolute atomic E-state index is 11.9. The van der Waals surface area contributed by atoms with E-state index in [0.29, 0.717) is 31.0 Å². The molecule has 2 saturated carbocycles. The molecule has 0 bridgehead atoms. The number of carbonyl (C=O) groups excluding carboxylic acids is 2. The molecule has 1 aromatic carbocycles. The average Bonchev–Trinajstić information content (AvgIpc) is 3.07. The monoisotopic (exact) mass is 610 g/mol. The minimum Gasteiger partial charge on any atom is -0.462 e. The first-order chi connectivity index (χ1) is 21.4. The van der Waals surface area contributed by atoms with Crippen molar-refractivity contribution < 1.29 is 29.3 Å². The lowest BCUT2D eigenvalue weighted by Crippen LogP contribution is -2.23. The summed E-state index contributed by atoms with van der Waals surface area (Å²) in [7, 11) is 0. The first-order valence-electron chi connectivity index (χ1n) is 17.4. The molecule has 2 fully saturated rings. The van der Waals surface area contributed by atoms with E-state index < -0.39 is 25.2 Å². The first kappa shape index (κ1) is 36.0. The largest absolute Gasteiger partial charge is 0.462 e. The summed E-state index contributed by atoms with van der Waals surface area (Å²) in [6.45, 7) is 9.18. The van der Waals surface area contributed by atoms with Crippen LogP contribution >= 0.6 is 0 Å². The fourth-order valence-corrected chi connectivity index (χ4v) is 7.40. The third-order valence-electron chi connectivity index (χ3n) is 10.2. The Kier molecular flexibility index (Phi) is 16.2.